The summed E-state index contributed by atoms with van der Waals surface area (Å²) in [6.07, 6.45) is 2.47. The number of aromatic nitrogens is 2. The first kappa shape index (κ1) is 10.7. The molecule has 0 amide bonds. The van der Waals surface area contributed by atoms with Gasteiger partial charge < -0.3 is 4.90 Å². The Bertz CT molecular complexity index is 378. The number of aryl methyl sites for hydroxylation is 1. The van der Waals surface area contributed by atoms with Gasteiger partial charge in [-0.05, 0) is 33.6 Å². The standard InChI is InChI=1S/C11H16ClN3/c1-7-5-4-6-15(7)11-8(2)10(12)13-9(3)14-11/h7H,4-6H2,1-3H3. The molecule has 2 heterocycles. The van der Waals surface area contributed by atoms with Gasteiger partial charge in [-0.3, -0.25) is 0 Å². The predicted molar refractivity (Wildman–Crippen MR) is 62.6 cm³/mol. The Balaban J connectivity index is 2.42. The van der Waals surface area contributed by atoms with Crippen LogP contribution in [-0.4, -0.2) is 22.6 Å². The zero-order valence-electron chi connectivity index (χ0n) is 9.42. The molecule has 0 aliphatic carbocycles. The van der Waals surface area contributed by atoms with Crippen LogP contribution in [0.4, 0.5) is 5.82 Å². The summed E-state index contributed by atoms with van der Waals surface area (Å²) in [6.45, 7) is 7.18. The molecular weight excluding hydrogens is 210 g/mol. The first-order valence-corrected chi connectivity index (χ1v) is 5.75. The molecule has 4 heteroatoms. The number of halogens is 1. The number of hydrogen-bond acceptors (Lipinski definition) is 3. The molecule has 1 aliphatic heterocycles. The zero-order chi connectivity index (χ0) is 11.0. The molecule has 0 aromatic carbocycles. The van der Waals surface area contributed by atoms with Crippen molar-refractivity contribution >= 4 is 17.4 Å². The van der Waals surface area contributed by atoms with E-state index in [0.717, 1.165) is 23.8 Å². The molecule has 3 nitrogen and oxygen atoms in total. The maximum atomic E-state index is 6.07. The largest absolute Gasteiger partial charge is 0.354 e. The summed E-state index contributed by atoms with van der Waals surface area (Å²) in [5.41, 5.74) is 0.996. The smallest absolute Gasteiger partial charge is 0.137 e. The average molecular weight is 226 g/mol. The summed E-state index contributed by atoms with van der Waals surface area (Å²) >= 11 is 6.07. The van der Waals surface area contributed by atoms with Gasteiger partial charge in [0.05, 0.1) is 0 Å². The van der Waals surface area contributed by atoms with Gasteiger partial charge in [-0.25, -0.2) is 9.97 Å². The molecule has 0 bridgehead atoms. The van der Waals surface area contributed by atoms with E-state index in [9.17, 15) is 0 Å². The zero-order valence-corrected chi connectivity index (χ0v) is 10.2. The van der Waals surface area contributed by atoms with Crippen molar-refractivity contribution in [3.8, 4) is 0 Å². The third kappa shape index (κ3) is 1.93. The molecule has 2 rings (SSSR count). The van der Waals surface area contributed by atoms with Gasteiger partial charge in [0.25, 0.3) is 0 Å². The van der Waals surface area contributed by atoms with Crippen LogP contribution in [0.15, 0.2) is 0 Å². The van der Waals surface area contributed by atoms with Gasteiger partial charge in [-0.1, -0.05) is 11.6 Å². The molecule has 0 saturated carbocycles. The van der Waals surface area contributed by atoms with E-state index >= 15 is 0 Å². The van der Waals surface area contributed by atoms with Crippen molar-refractivity contribution in [2.75, 3.05) is 11.4 Å². The summed E-state index contributed by atoms with van der Waals surface area (Å²) < 4.78 is 0. The predicted octanol–water partition coefficient (Wildman–Crippen LogP) is 2.74. The van der Waals surface area contributed by atoms with Crippen molar-refractivity contribution in [3.05, 3.63) is 16.5 Å². The van der Waals surface area contributed by atoms with Gasteiger partial charge >= 0.3 is 0 Å². The number of rotatable bonds is 1. The van der Waals surface area contributed by atoms with Crippen molar-refractivity contribution < 1.29 is 0 Å². The summed E-state index contributed by atoms with van der Waals surface area (Å²) in [4.78, 5) is 11.0. The Morgan fingerprint density at radius 1 is 1.33 bits per heavy atom. The van der Waals surface area contributed by atoms with Gasteiger partial charge in [0.1, 0.15) is 16.8 Å². The van der Waals surface area contributed by atoms with E-state index in [4.69, 9.17) is 11.6 Å². The van der Waals surface area contributed by atoms with Crippen molar-refractivity contribution in [3.63, 3.8) is 0 Å². The fraction of sp³-hybridized carbons (Fsp3) is 0.636. The highest BCUT2D eigenvalue weighted by molar-refractivity contribution is 6.30. The lowest BCUT2D eigenvalue weighted by molar-refractivity contribution is 0.721. The Hall–Kier alpha value is -0.830. The van der Waals surface area contributed by atoms with Crippen molar-refractivity contribution in [2.45, 2.75) is 39.7 Å². The Kier molecular flexibility index (Phi) is 2.83. The van der Waals surface area contributed by atoms with Crippen LogP contribution < -0.4 is 4.90 Å². The highest BCUT2D eigenvalue weighted by atomic mass is 35.5. The minimum atomic E-state index is 0.564. The van der Waals surface area contributed by atoms with Gasteiger partial charge in [-0.2, -0.15) is 0 Å². The summed E-state index contributed by atoms with van der Waals surface area (Å²) in [7, 11) is 0. The minimum absolute atomic E-state index is 0.564. The lowest BCUT2D eigenvalue weighted by Gasteiger charge is -2.24. The Labute approximate surface area is 95.5 Å². The van der Waals surface area contributed by atoms with Gasteiger partial charge in [0.15, 0.2) is 0 Å². The van der Waals surface area contributed by atoms with E-state index in [1.807, 2.05) is 13.8 Å². The first-order chi connectivity index (χ1) is 7.09. The van der Waals surface area contributed by atoms with Crippen LogP contribution in [0, 0.1) is 13.8 Å². The quantitative estimate of drug-likeness (QED) is 0.689. The van der Waals surface area contributed by atoms with Crippen LogP contribution in [0.1, 0.15) is 31.2 Å². The maximum Gasteiger partial charge on any atom is 0.137 e. The van der Waals surface area contributed by atoms with Crippen molar-refractivity contribution in [1.82, 2.24) is 9.97 Å². The molecule has 0 radical (unpaired) electrons. The second kappa shape index (κ2) is 3.97. The van der Waals surface area contributed by atoms with Crippen molar-refractivity contribution in [1.29, 1.82) is 0 Å². The lowest BCUT2D eigenvalue weighted by atomic mass is 10.2. The molecule has 0 spiro atoms. The molecule has 1 unspecified atom stereocenters. The molecular formula is C11H16ClN3. The molecule has 1 atom stereocenters. The van der Waals surface area contributed by atoms with Crippen LogP contribution in [0.3, 0.4) is 0 Å². The van der Waals surface area contributed by atoms with E-state index in [2.05, 4.69) is 21.8 Å². The third-order valence-electron chi connectivity index (χ3n) is 3.00. The fourth-order valence-corrected chi connectivity index (χ4v) is 2.31. The summed E-state index contributed by atoms with van der Waals surface area (Å²) in [5.74, 6) is 1.76. The van der Waals surface area contributed by atoms with Crippen LogP contribution in [0.5, 0.6) is 0 Å². The molecule has 15 heavy (non-hydrogen) atoms. The topological polar surface area (TPSA) is 29.0 Å². The van der Waals surface area contributed by atoms with E-state index in [1.54, 1.807) is 0 Å². The molecule has 1 aromatic rings. The van der Waals surface area contributed by atoms with E-state index in [1.165, 1.54) is 12.8 Å². The summed E-state index contributed by atoms with van der Waals surface area (Å²) in [5, 5.41) is 0.580. The molecule has 1 aliphatic rings. The molecule has 0 N–H and O–H groups in total. The highest BCUT2D eigenvalue weighted by Crippen LogP contribution is 2.29. The number of hydrogen-bond donors (Lipinski definition) is 0. The molecule has 1 aromatic heterocycles. The molecule has 1 saturated heterocycles. The minimum Gasteiger partial charge on any atom is -0.354 e. The van der Waals surface area contributed by atoms with Gasteiger partial charge in [0, 0.05) is 18.2 Å². The SMILES string of the molecule is Cc1nc(Cl)c(C)c(N2CCCC2C)n1. The van der Waals surface area contributed by atoms with Crippen LogP contribution in [0.25, 0.3) is 0 Å². The monoisotopic (exact) mass is 225 g/mol. The van der Waals surface area contributed by atoms with Crippen LogP contribution in [0.2, 0.25) is 5.15 Å². The van der Waals surface area contributed by atoms with E-state index in [0.29, 0.717) is 11.2 Å². The Morgan fingerprint density at radius 2 is 2.07 bits per heavy atom. The van der Waals surface area contributed by atoms with Gasteiger partial charge in [0.2, 0.25) is 0 Å². The molecule has 82 valence electrons. The molecule has 1 fully saturated rings. The van der Waals surface area contributed by atoms with Crippen LogP contribution >= 0.6 is 11.6 Å². The normalized spacial score (nSPS) is 21.1. The third-order valence-corrected chi connectivity index (χ3v) is 3.37. The summed E-state index contributed by atoms with van der Waals surface area (Å²) in [6, 6.07) is 0.564. The Morgan fingerprint density at radius 3 is 2.67 bits per heavy atom. The first-order valence-electron chi connectivity index (χ1n) is 5.37. The van der Waals surface area contributed by atoms with Crippen molar-refractivity contribution in [2.24, 2.45) is 0 Å². The van der Waals surface area contributed by atoms with E-state index < -0.39 is 0 Å². The number of nitrogens with zero attached hydrogens (tertiary/aromatic N) is 3. The van der Waals surface area contributed by atoms with E-state index in [-0.39, 0.29) is 0 Å². The second-order valence-corrected chi connectivity index (χ2v) is 4.55. The fourth-order valence-electron chi connectivity index (χ4n) is 2.11. The van der Waals surface area contributed by atoms with Gasteiger partial charge in [-0.15, -0.1) is 0 Å². The lowest BCUT2D eigenvalue weighted by Crippen LogP contribution is -2.28. The average Bonchev–Trinajstić information content (AvgIpc) is 2.58. The van der Waals surface area contributed by atoms with Crippen LogP contribution in [-0.2, 0) is 0 Å². The maximum absolute atomic E-state index is 6.07. The second-order valence-electron chi connectivity index (χ2n) is 4.19. The highest BCUT2D eigenvalue weighted by Gasteiger charge is 2.24. The number of anilines is 1.